The summed E-state index contributed by atoms with van der Waals surface area (Å²) in [6, 6.07) is 22.0. The van der Waals surface area contributed by atoms with Crippen LogP contribution in [0.3, 0.4) is 0 Å². The summed E-state index contributed by atoms with van der Waals surface area (Å²) in [5.74, 6) is -0.138. The van der Waals surface area contributed by atoms with Gasteiger partial charge in [-0.25, -0.2) is 14.3 Å². The summed E-state index contributed by atoms with van der Waals surface area (Å²) < 4.78 is 7.92. The fourth-order valence-corrected chi connectivity index (χ4v) is 5.15. The third-order valence-electron chi connectivity index (χ3n) is 6.80. The number of benzene rings is 3. The van der Waals surface area contributed by atoms with E-state index in [9.17, 15) is 9.90 Å². The molecule has 37 heavy (non-hydrogen) atoms. The van der Waals surface area contributed by atoms with Crippen molar-refractivity contribution in [2.45, 2.75) is 26.7 Å². The molecule has 0 radical (unpaired) electrons. The van der Waals surface area contributed by atoms with Gasteiger partial charge in [-0.05, 0) is 49.8 Å². The molecule has 0 aliphatic carbocycles. The van der Waals surface area contributed by atoms with Gasteiger partial charge in [-0.3, -0.25) is 0 Å². The Morgan fingerprint density at radius 2 is 1.78 bits per heavy atom. The standard InChI is InChI=1S/C30H26N4O3/c1-18-16-19(2)34-29(32-18)25(17-31-34)24-12-6-11-22-23(28(30(35)36)33-27(22)24)13-7-15-37-26-14-5-9-20-8-3-4-10-21(20)26/h3-6,8-12,14,16-17,33H,7,13,15H2,1-2H3,(H,35,36). The minimum atomic E-state index is -0.975. The number of carbonyl (C=O) groups is 1. The van der Waals surface area contributed by atoms with E-state index in [1.54, 1.807) is 6.20 Å². The zero-order valence-electron chi connectivity index (χ0n) is 20.7. The predicted octanol–water partition coefficient (Wildman–Crippen LogP) is 6.36. The largest absolute Gasteiger partial charge is 0.493 e. The summed E-state index contributed by atoms with van der Waals surface area (Å²) in [6.45, 7) is 4.44. The van der Waals surface area contributed by atoms with E-state index in [2.05, 4.69) is 22.2 Å². The van der Waals surface area contributed by atoms with Crippen molar-refractivity contribution < 1.29 is 14.6 Å². The Kier molecular flexibility index (Phi) is 5.60. The van der Waals surface area contributed by atoms with Crippen LogP contribution in [-0.4, -0.2) is 37.3 Å². The van der Waals surface area contributed by atoms with Crippen molar-refractivity contribution in [3.63, 3.8) is 0 Å². The lowest BCUT2D eigenvalue weighted by Crippen LogP contribution is -2.04. The molecular formula is C30H26N4O3. The number of hydrogen-bond donors (Lipinski definition) is 2. The van der Waals surface area contributed by atoms with Gasteiger partial charge in [0.25, 0.3) is 0 Å². The number of nitrogens with one attached hydrogen (secondary N) is 1. The average Bonchev–Trinajstić information content (AvgIpc) is 3.48. The highest BCUT2D eigenvalue weighted by molar-refractivity contribution is 6.04. The van der Waals surface area contributed by atoms with Crippen LogP contribution in [0.2, 0.25) is 0 Å². The smallest absolute Gasteiger partial charge is 0.352 e. The zero-order valence-corrected chi connectivity index (χ0v) is 20.7. The molecule has 3 heterocycles. The van der Waals surface area contributed by atoms with E-state index in [0.717, 1.165) is 61.2 Å². The van der Waals surface area contributed by atoms with Crippen LogP contribution in [0, 0.1) is 13.8 Å². The minimum Gasteiger partial charge on any atom is -0.493 e. The number of carboxylic acids is 1. The van der Waals surface area contributed by atoms with Crippen LogP contribution in [0.1, 0.15) is 33.9 Å². The van der Waals surface area contributed by atoms with E-state index in [4.69, 9.17) is 9.72 Å². The number of carboxylic acid groups (broad SMARTS) is 1. The fourth-order valence-electron chi connectivity index (χ4n) is 5.15. The summed E-state index contributed by atoms with van der Waals surface area (Å²) >= 11 is 0. The Hall–Kier alpha value is -4.65. The number of aryl methyl sites for hydroxylation is 3. The number of fused-ring (bicyclic) bond motifs is 3. The highest BCUT2D eigenvalue weighted by Crippen LogP contribution is 2.34. The van der Waals surface area contributed by atoms with Crippen molar-refractivity contribution in [1.82, 2.24) is 19.6 Å². The maximum Gasteiger partial charge on any atom is 0.352 e. The third kappa shape index (κ3) is 3.98. The van der Waals surface area contributed by atoms with Gasteiger partial charge in [0, 0.05) is 33.3 Å². The number of hydrogen-bond acceptors (Lipinski definition) is 4. The second kappa shape index (κ2) is 9.09. The van der Waals surface area contributed by atoms with E-state index in [-0.39, 0.29) is 5.69 Å². The molecule has 6 aromatic rings. The van der Waals surface area contributed by atoms with Crippen molar-refractivity contribution in [3.8, 4) is 16.9 Å². The van der Waals surface area contributed by atoms with Crippen LogP contribution in [0.15, 0.2) is 72.9 Å². The van der Waals surface area contributed by atoms with Gasteiger partial charge in [0.2, 0.25) is 0 Å². The normalized spacial score (nSPS) is 11.5. The summed E-state index contributed by atoms with van der Waals surface area (Å²) in [5.41, 5.74) is 6.16. The van der Waals surface area contributed by atoms with Crippen molar-refractivity contribution >= 4 is 33.3 Å². The molecule has 0 amide bonds. The molecule has 0 fully saturated rings. The van der Waals surface area contributed by atoms with Crippen molar-refractivity contribution in [1.29, 1.82) is 0 Å². The van der Waals surface area contributed by atoms with Gasteiger partial charge in [0.15, 0.2) is 5.65 Å². The fraction of sp³-hybridized carbons (Fsp3) is 0.167. The lowest BCUT2D eigenvalue weighted by atomic mass is 10.0. The molecule has 6 rings (SSSR count). The van der Waals surface area contributed by atoms with Gasteiger partial charge >= 0.3 is 5.97 Å². The first-order valence-electron chi connectivity index (χ1n) is 12.3. The topological polar surface area (TPSA) is 92.5 Å². The van der Waals surface area contributed by atoms with Crippen LogP contribution in [0.5, 0.6) is 5.75 Å². The highest BCUT2D eigenvalue weighted by atomic mass is 16.5. The van der Waals surface area contributed by atoms with E-state index in [1.165, 1.54) is 0 Å². The SMILES string of the molecule is Cc1cc(C)n2ncc(-c3cccc4c(CCCOc5cccc6ccccc56)c(C(=O)O)[nH]c34)c2n1. The number of rotatable bonds is 7. The number of H-pyrrole nitrogens is 1. The summed E-state index contributed by atoms with van der Waals surface area (Å²) in [6.07, 6.45) is 3.04. The molecule has 0 atom stereocenters. The van der Waals surface area contributed by atoms with E-state index >= 15 is 0 Å². The number of nitrogens with zero attached hydrogens (tertiary/aromatic N) is 3. The molecule has 3 aromatic carbocycles. The summed E-state index contributed by atoms with van der Waals surface area (Å²) in [5, 5.41) is 17.6. The second-order valence-electron chi connectivity index (χ2n) is 9.27. The van der Waals surface area contributed by atoms with Crippen molar-refractivity contribution in [3.05, 3.63) is 95.6 Å². The Labute approximate surface area is 213 Å². The molecule has 2 N–H and O–H groups in total. The molecule has 0 bridgehead atoms. The first-order valence-corrected chi connectivity index (χ1v) is 12.3. The molecule has 0 saturated carbocycles. The third-order valence-corrected chi connectivity index (χ3v) is 6.80. The van der Waals surface area contributed by atoms with Crippen LogP contribution in [0.25, 0.3) is 38.4 Å². The number of ether oxygens (including phenoxy) is 1. The molecule has 7 heteroatoms. The Morgan fingerprint density at radius 1 is 1.00 bits per heavy atom. The Morgan fingerprint density at radius 3 is 2.65 bits per heavy atom. The first kappa shape index (κ1) is 22.8. The maximum atomic E-state index is 12.2. The van der Waals surface area contributed by atoms with Gasteiger partial charge in [-0.2, -0.15) is 5.10 Å². The monoisotopic (exact) mass is 490 g/mol. The van der Waals surface area contributed by atoms with Gasteiger partial charge in [-0.1, -0.05) is 54.6 Å². The van der Waals surface area contributed by atoms with Crippen molar-refractivity contribution in [2.24, 2.45) is 0 Å². The van der Waals surface area contributed by atoms with Gasteiger partial charge < -0.3 is 14.8 Å². The van der Waals surface area contributed by atoms with Crippen LogP contribution in [-0.2, 0) is 6.42 Å². The number of aromatic nitrogens is 4. The van der Waals surface area contributed by atoms with Crippen LogP contribution in [0.4, 0.5) is 0 Å². The van der Waals surface area contributed by atoms with Gasteiger partial charge in [-0.15, -0.1) is 0 Å². The summed E-state index contributed by atoms with van der Waals surface area (Å²) in [4.78, 5) is 20.1. The average molecular weight is 491 g/mol. The maximum absolute atomic E-state index is 12.2. The molecule has 184 valence electrons. The lowest BCUT2D eigenvalue weighted by Gasteiger charge is -2.09. The number of para-hydroxylation sites is 1. The zero-order chi connectivity index (χ0) is 25.5. The van der Waals surface area contributed by atoms with E-state index < -0.39 is 5.97 Å². The first-order chi connectivity index (χ1) is 18.0. The van der Waals surface area contributed by atoms with E-state index in [0.29, 0.717) is 19.4 Å². The Bertz CT molecular complexity index is 1790. The summed E-state index contributed by atoms with van der Waals surface area (Å²) in [7, 11) is 0. The molecule has 0 unspecified atom stereocenters. The lowest BCUT2D eigenvalue weighted by molar-refractivity contribution is 0.0690. The molecule has 7 nitrogen and oxygen atoms in total. The van der Waals surface area contributed by atoms with Crippen LogP contribution < -0.4 is 4.74 Å². The second-order valence-corrected chi connectivity index (χ2v) is 9.27. The highest BCUT2D eigenvalue weighted by Gasteiger charge is 2.21. The molecule has 0 aliphatic heterocycles. The predicted molar refractivity (Wildman–Crippen MR) is 144 cm³/mol. The van der Waals surface area contributed by atoms with Crippen molar-refractivity contribution in [2.75, 3.05) is 6.61 Å². The van der Waals surface area contributed by atoms with Gasteiger partial charge in [0.1, 0.15) is 11.4 Å². The quantitative estimate of drug-likeness (QED) is 0.254. The minimum absolute atomic E-state index is 0.212. The molecule has 0 spiro atoms. The Balaban J connectivity index is 1.32. The number of aromatic carboxylic acids is 1. The molecule has 3 aromatic heterocycles. The number of aromatic amines is 1. The van der Waals surface area contributed by atoms with E-state index in [1.807, 2.05) is 73.0 Å². The van der Waals surface area contributed by atoms with Crippen LogP contribution >= 0.6 is 0 Å². The molecular weight excluding hydrogens is 464 g/mol. The van der Waals surface area contributed by atoms with Gasteiger partial charge in [0.05, 0.1) is 18.3 Å². The molecule has 0 saturated heterocycles. The molecule has 0 aliphatic rings.